The highest BCUT2D eigenvalue weighted by Crippen LogP contribution is 2.48. The van der Waals surface area contributed by atoms with Crippen LogP contribution in [0.3, 0.4) is 0 Å². The Labute approximate surface area is 354 Å². The van der Waals surface area contributed by atoms with Gasteiger partial charge in [0.1, 0.15) is 5.70 Å². The molecule has 0 aliphatic carbocycles. The number of β-lactam (4-membered cyclic amide) rings is 1. The number of nitro groups is 3. The van der Waals surface area contributed by atoms with Crippen LogP contribution in [0.25, 0.3) is 0 Å². The Morgan fingerprint density at radius 1 is 0.698 bits per heavy atom. The zero-order valence-corrected chi connectivity index (χ0v) is 33.6. The Balaban J connectivity index is 1.32. The molecule has 2 heterocycles. The Hall–Kier alpha value is -8.28. The summed E-state index contributed by atoms with van der Waals surface area (Å²) in [6.45, 7) is 5.28. The average molecular weight is 873 g/mol. The molecular formula is C39H36N8O16. The molecule has 2 aliphatic rings. The quantitative estimate of drug-likeness (QED) is 0.0359. The van der Waals surface area contributed by atoms with Crippen LogP contribution in [0.5, 0.6) is 0 Å². The number of ether oxygens (including phenoxy) is 3. The van der Waals surface area contributed by atoms with E-state index in [0.29, 0.717) is 5.57 Å². The number of nitrogens with zero attached hydrogens (tertiary/aromatic N) is 6. The lowest BCUT2D eigenvalue weighted by Crippen LogP contribution is -2.62. The number of rotatable bonds is 13. The van der Waals surface area contributed by atoms with Crippen molar-refractivity contribution in [2.75, 3.05) is 26.7 Å². The number of aliphatic imine (C=N–C) groups is 1. The van der Waals surface area contributed by atoms with Crippen LogP contribution in [0.2, 0.25) is 0 Å². The van der Waals surface area contributed by atoms with Crippen LogP contribution in [0.4, 0.5) is 26.7 Å². The molecule has 24 nitrogen and oxygen atoms in total. The van der Waals surface area contributed by atoms with E-state index in [9.17, 15) is 63.9 Å². The summed E-state index contributed by atoms with van der Waals surface area (Å²) in [6, 6.07) is 12.0. The fourth-order valence-electron chi connectivity index (χ4n) is 6.72. The zero-order valence-electron chi connectivity index (χ0n) is 33.6. The summed E-state index contributed by atoms with van der Waals surface area (Å²) in [6.07, 6.45) is -2.98. The molecule has 2 aliphatic heterocycles. The molecule has 3 atom stereocenters. The molecule has 0 aromatic heterocycles. The third-order valence-electron chi connectivity index (χ3n) is 9.84. The van der Waals surface area contributed by atoms with Crippen LogP contribution in [0.15, 0.2) is 89.1 Å². The minimum absolute atomic E-state index is 0.00564. The maximum absolute atomic E-state index is 13.6. The van der Waals surface area contributed by atoms with Gasteiger partial charge in [0, 0.05) is 55.4 Å². The maximum atomic E-state index is 13.6. The molecule has 24 heteroatoms. The lowest BCUT2D eigenvalue weighted by Gasteiger charge is -2.47. The number of carbonyl (C=O) groups is 7. The minimum Gasteiger partial charge on any atom is -0.385 e. The maximum Gasteiger partial charge on any atom is 0.421 e. The molecule has 328 valence electrons. The average Bonchev–Trinajstić information content (AvgIpc) is 3.46. The molecule has 3 amide bonds. The second kappa shape index (κ2) is 19.4. The first-order valence-electron chi connectivity index (χ1n) is 18.6. The summed E-state index contributed by atoms with van der Waals surface area (Å²) in [5, 5.41) is 37.0. The lowest BCUT2D eigenvalue weighted by molar-refractivity contribution is -0.385. The molecule has 1 saturated heterocycles. The minimum atomic E-state index is -1.49. The van der Waals surface area contributed by atoms with Gasteiger partial charge in [0.2, 0.25) is 11.9 Å². The molecular weight excluding hydrogens is 836 g/mol. The molecule has 0 spiro atoms. The largest absolute Gasteiger partial charge is 0.421 e. The predicted molar refractivity (Wildman–Crippen MR) is 213 cm³/mol. The Bertz CT molecular complexity index is 2360. The molecule has 2 N–H and O–H groups in total. The van der Waals surface area contributed by atoms with Gasteiger partial charge in [-0.3, -0.25) is 50.8 Å². The molecule has 0 unspecified atom stereocenters. The summed E-state index contributed by atoms with van der Waals surface area (Å²) in [5.41, 5.74) is -1.35. The van der Waals surface area contributed by atoms with Crippen LogP contribution >= 0.6 is 0 Å². The molecule has 0 radical (unpaired) electrons. The SMILES string of the molecule is CC(C)[C@H]1C(=O)N2C(C(=O)OC(=O)c3ccc([N+](=O)[O-])cc3)=C(CN(C)CCN=C(NC(=O)OC(=O)c3ccc([N+](=O)[O-])cc3)NC(=O)OC(=O)c3ccc([N+](=O)[O-])cc3)[C@H](C)[C@H]12. The first-order chi connectivity index (χ1) is 29.8. The number of nitrogens with one attached hydrogen (secondary N) is 2. The van der Waals surface area contributed by atoms with Crippen LogP contribution in [-0.2, 0) is 23.8 Å². The number of guanidine groups is 1. The molecule has 63 heavy (non-hydrogen) atoms. The van der Waals surface area contributed by atoms with E-state index in [1.165, 1.54) is 4.90 Å². The van der Waals surface area contributed by atoms with Gasteiger partial charge in [-0.05, 0) is 54.9 Å². The van der Waals surface area contributed by atoms with Crippen molar-refractivity contribution in [2.24, 2.45) is 22.7 Å². The number of amides is 3. The number of hydrogen-bond donors (Lipinski definition) is 2. The fourth-order valence-corrected chi connectivity index (χ4v) is 6.72. The smallest absolute Gasteiger partial charge is 0.385 e. The van der Waals surface area contributed by atoms with Crippen molar-refractivity contribution in [3.63, 3.8) is 0 Å². The van der Waals surface area contributed by atoms with E-state index in [2.05, 4.69) is 4.99 Å². The Kier molecular flexibility index (Phi) is 14.1. The first-order valence-corrected chi connectivity index (χ1v) is 18.6. The molecule has 0 saturated carbocycles. The standard InChI is InChI=1S/C39H36N8O16/c1-20(2)29-30-21(3)28(31(44(30)32(29)48)36(52)61-33(49)22-5-11-25(12-6-22)45(55)56)19-43(4)18-17-40-37(41-38(53)62-34(50)23-7-13-26(14-8-23)46(57)58)42-39(54)63-35(51)24-9-15-27(16-10-24)47(59)60/h5-16,20-21,29-30H,17-19H2,1-4H3,(H2,40,41,42,53,54)/t21-,29+,30+/m0/s1. The number of carbonyl (C=O) groups excluding carboxylic acids is 7. The van der Waals surface area contributed by atoms with Crippen molar-refractivity contribution in [1.82, 2.24) is 20.4 Å². The first kappa shape index (κ1) is 45.8. The van der Waals surface area contributed by atoms with Gasteiger partial charge in [-0.25, -0.2) is 28.8 Å². The van der Waals surface area contributed by atoms with Gasteiger partial charge in [0.15, 0.2) is 0 Å². The van der Waals surface area contributed by atoms with E-state index < -0.39 is 74.7 Å². The summed E-state index contributed by atoms with van der Waals surface area (Å²) >= 11 is 0. The van der Waals surface area contributed by atoms with Crippen molar-refractivity contribution < 1.29 is 62.5 Å². The van der Waals surface area contributed by atoms with E-state index in [1.54, 1.807) is 18.9 Å². The van der Waals surface area contributed by atoms with Gasteiger partial charge in [-0.1, -0.05) is 20.8 Å². The van der Waals surface area contributed by atoms with Gasteiger partial charge in [0.25, 0.3) is 17.1 Å². The van der Waals surface area contributed by atoms with E-state index in [0.717, 1.165) is 72.8 Å². The highest BCUT2D eigenvalue weighted by atomic mass is 16.6. The number of likely N-dealkylation sites (N-methyl/N-ethyl adjacent to an activating group) is 1. The topological polar surface area (TPSA) is 319 Å². The normalized spacial score (nSPS) is 16.3. The van der Waals surface area contributed by atoms with Gasteiger partial charge in [-0.2, -0.15) is 0 Å². The predicted octanol–water partition coefficient (Wildman–Crippen LogP) is 3.90. The molecule has 3 aromatic rings. The Morgan fingerprint density at radius 2 is 1.10 bits per heavy atom. The number of nitro benzene ring substituents is 3. The van der Waals surface area contributed by atoms with Crippen molar-refractivity contribution in [3.8, 4) is 0 Å². The fraction of sp³-hybridized carbons (Fsp3) is 0.282. The molecule has 1 fully saturated rings. The second-order valence-electron chi connectivity index (χ2n) is 14.3. The van der Waals surface area contributed by atoms with Gasteiger partial charge < -0.3 is 24.0 Å². The number of benzene rings is 3. The van der Waals surface area contributed by atoms with E-state index >= 15 is 0 Å². The number of hydrogen-bond acceptors (Lipinski definition) is 18. The number of fused-ring (bicyclic) bond motifs is 1. The van der Waals surface area contributed by atoms with E-state index in [-0.39, 0.29) is 70.9 Å². The van der Waals surface area contributed by atoms with Gasteiger partial charge >= 0.3 is 36.1 Å². The summed E-state index contributed by atoms with van der Waals surface area (Å²) in [4.78, 5) is 129. The second-order valence-corrected chi connectivity index (χ2v) is 14.3. The van der Waals surface area contributed by atoms with Crippen LogP contribution in [0, 0.1) is 48.1 Å². The third kappa shape index (κ3) is 10.7. The van der Waals surface area contributed by atoms with Gasteiger partial charge in [0.05, 0.1) is 50.0 Å². The summed E-state index contributed by atoms with van der Waals surface area (Å²) < 4.78 is 14.6. The van der Waals surface area contributed by atoms with Crippen molar-refractivity contribution in [3.05, 3.63) is 131 Å². The van der Waals surface area contributed by atoms with Crippen LogP contribution < -0.4 is 10.6 Å². The molecule has 0 bridgehead atoms. The van der Waals surface area contributed by atoms with E-state index in [4.69, 9.17) is 14.2 Å². The highest BCUT2D eigenvalue weighted by Gasteiger charge is 2.59. The monoisotopic (exact) mass is 872 g/mol. The van der Waals surface area contributed by atoms with Gasteiger partial charge in [-0.15, -0.1) is 0 Å². The molecule has 3 aromatic carbocycles. The van der Waals surface area contributed by atoms with Crippen molar-refractivity contribution in [2.45, 2.75) is 26.8 Å². The molecule has 5 rings (SSSR count). The van der Waals surface area contributed by atoms with E-state index in [1.807, 2.05) is 24.5 Å². The Morgan fingerprint density at radius 3 is 1.48 bits per heavy atom. The highest BCUT2D eigenvalue weighted by molar-refractivity contribution is 6.08. The summed E-state index contributed by atoms with van der Waals surface area (Å²) in [5.74, 6) is -6.71. The zero-order chi connectivity index (χ0) is 46.3. The number of esters is 4. The van der Waals surface area contributed by atoms with Crippen molar-refractivity contribution in [1.29, 1.82) is 0 Å². The van der Waals surface area contributed by atoms with Crippen molar-refractivity contribution >= 4 is 65.0 Å². The number of alkyl carbamates (subject to hydrolysis) is 2. The lowest BCUT2D eigenvalue weighted by atomic mass is 9.74. The van der Waals surface area contributed by atoms with Crippen LogP contribution in [-0.4, -0.2) is 105 Å². The number of non-ortho nitro benzene ring substituents is 3. The third-order valence-corrected chi connectivity index (χ3v) is 9.84. The van der Waals surface area contributed by atoms with Crippen LogP contribution in [0.1, 0.15) is 51.8 Å². The summed E-state index contributed by atoms with van der Waals surface area (Å²) in [7, 11) is 1.60.